The van der Waals surface area contributed by atoms with Gasteiger partial charge in [0.15, 0.2) is 0 Å². The van der Waals surface area contributed by atoms with Gasteiger partial charge in [0.05, 0.1) is 5.52 Å². The van der Waals surface area contributed by atoms with Gasteiger partial charge in [0.1, 0.15) is 10.4 Å². The number of hydrogen-bond acceptors (Lipinski definition) is 2. The van der Waals surface area contributed by atoms with Gasteiger partial charge in [-0.3, -0.25) is 0 Å². The molecule has 2 aromatic heterocycles. The van der Waals surface area contributed by atoms with Crippen LogP contribution in [-0.4, -0.2) is 22.5 Å². The van der Waals surface area contributed by atoms with E-state index < -0.39 is 0 Å². The SMILES string of the molecule is Cc1ccn2c(C3CCCCNC3)nc(Br)c2c1. The average Bonchev–Trinajstić information content (AvgIpc) is 2.58. The molecule has 1 unspecified atom stereocenters. The molecule has 1 aliphatic rings. The Bertz CT molecular complexity index is 553. The fourth-order valence-corrected chi connectivity index (χ4v) is 3.19. The van der Waals surface area contributed by atoms with Crippen molar-refractivity contribution in [1.29, 1.82) is 0 Å². The van der Waals surface area contributed by atoms with Gasteiger partial charge >= 0.3 is 0 Å². The monoisotopic (exact) mass is 307 g/mol. The number of imidazole rings is 1. The molecular formula is C14H18BrN3. The van der Waals surface area contributed by atoms with Gasteiger partial charge in [-0.1, -0.05) is 6.42 Å². The van der Waals surface area contributed by atoms with Crippen LogP contribution in [0.5, 0.6) is 0 Å². The number of halogens is 1. The number of aryl methyl sites for hydroxylation is 1. The molecule has 2 aromatic rings. The summed E-state index contributed by atoms with van der Waals surface area (Å²) in [6, 6.07) is 4.33. The molecular weight excluding hydrogens is 290 g/mol. The average molecular weight is 308 g/mol. The van der Waals surface area contributed by atoms with Crippen molar-refractivity contribution >= 4 is 21.4 Å². The van der Waals surface area contributed by atoms with Crippen LogP contribution in [0.3, 0.4) is 0 Å². The maximum atomic E-state index is 4.74. The van der Waals surface area contributed by atoms with Gasteiger partial charge < -0.3 is 9.72 Å². The molecule has 0 radical (unpaired) electrons. The molecule has 0 saturated carbocycles. The molecule has 3 heterocycles. The predicted octanol–water partition coefficient (Wildman–Crippen LogP) is 3.26. The molecule has 0 aliphatic carbocycles. The summed E-state index contributed by atoms with van der Waals surface area (Å²) >= 11 is 3.59. The van der Waals surface area contributed by atoms with Gasteiger partial charge in [0.25, 0.3) is 0 Å². The first-order valence-electron chi connectivity index (χ1n) is 6.60. The third-order valence-electron chi connectivity index (χ3n) is 3.69. The van der Waals surface area contributed by atoms with Gasteiger partial charge in [0.2, 0.25) is 0 Å². The van der Waals surface area contributed by atoms with Crippen LogP contribution in [-0.2, 0) is 0 Å². The van der Waals surface area contributed by atoms with Crippen molar-refractivity contribution in [3.63, 3.8) is 0 Å². The van der Waals surface area contributed by atoms with Crippen LogP contribution in [0.1, 0.15) is 36.6 Å². The van der Waals surface area contributed by atoms with E-state index >= 15 is 0 Å². The zero-order valence-corrected chi connectivity index (χ0v) is 12.2. The minimum absolute atomic E-state index is 0.522. The first-order chi connectivity index (χ1) is 8.75. The molecule has 0 spiro atoms. The highest BCUT2D eigenvalue weighted by molar-refractivity contribution is 9.10. The number of aromatic nitrogens is 2. The summed E-state index contributed by atoms with van der Waals surface area (Å²) in [6.07, 6.45) is 5.94. The predicted molar refractivity (Wildman–Crippen MR) is 77.1 cm³/mol. The molecule has 18 heavy (non-hydrogen) atoms. The maximum Gasteiger partial charge on any atom is 0.132 e. The van der Waals surface area contributed by atoms with Crippen LogP contribution in [0.25, 0.3) is 5.52 Å². The summed E-state index contributed by atoms with van der Waals surface area (Å²) < 4.78 is 3.19. The van der Waals surface area contributed by atoms with Gasteiger partial charge in [-0.25, -0.2) is 4.98 Å². The number of pyridine rings is 1. The van der Waals surface area contributed by atoms with Crippen molar-refractivity contribution in [3.8, 4) is 0 Å². The van der Waals surface area contributed by atoms with Crippen molar-refractivity contribution in [1.82, 2.24) is 14.7 Å². The van der Waals surface area contributed by atoms with E-state index in [4.69, 9.17) is 4.98 Å². The van der Waals surface area contributed by atoms with E-state index in [-0.39, 0.29) is 0 Å². The van der Waals surface area contributed by atoms with Crippen LogP contribution >= 0.6 is 15.9 Å². The smallest absolute Gasteiger partial charge is 0.132 e. The van der Waals surface area contributed by atoms with Crippen molar-refractivity contribution in [2.45, 2.75) is 32.1 Å². The number of hydrogen-bond donors (Lipinski definition) is 1. The molecule has 0 bridgehead atoms. The van der Waals surface area contributed by atoms with Crippen molar-refractivity contribution in [2.75, 3.05) is 13.1 Å². The van der Waals surface area contributed by atoms with Crippen LogP contribution in [0.15, 0.2) is 22.9 Å². The highest BCUT2D eigenvalue weighted by Crippen LogP contribution is 2.28. The van der Waals surface area contributed by atoms with E-state index in [1.54, 1.807) is 0 Å². The van der Waals surface area contributed by atoms with E-state index in [9.17, 15) is 0 Å². The second-order valence-electron chi connectivity index (χ2n) is 5.12. The lowest BCUT2D eigenvalue weighted by Gasteiger charge is -2.13. The van der Waals surface area contributed by atoms with Crippen LogP contribution in [0.2, 0.25) is 0 Å². The topological polar surface area (TPSA) is 29.3 Å². The molecule has 0 amide bonds. The zero-order valence-electron chi connectivity index (χ0n) is 10.6. The third-order valence-corrected chi connectivity index (χ3v) is 4.28. The lowest BCUT2D eigenvalue weighted by atomic mass is 10.0. The lowest BCUT2D eigenvalue weighted by Crippen LogP contribution is -2.20. The van der Waals surface area contributed by atoms with E-state index in [0.717, 1.165) is 17.7 Å². The van der Waals surface area contributed by atoms with Crippen molar-refractivity contribution in [2.24, 2.45) is 0 Å². The molecule has 1 atom stereocenters. The zero-order chi connectivity index (χ0) is 12.5. The first-order valence-corrected chi connectivity index (χ1v) is 7.40. The standard InChI is InChI=1S/C14H18BrN3/c1-10-5-7-18-12(8-10)13(15)17-14(18)11-4-2-3-6-16-9-11/h5,7-8,11,16H,2-4,6,9H2,1H3. The number of rotatable bonds is 1. The Morgan fingerprint density at radius 1 is 1.44 bits per heavy atom. The molecule has 96 valence electrons. The van der Waals surface area contributed by atoms with E-state index in [2.05, 4.69) is 50.9 Å². The molecule has 3 rings (SSSR count). The van der Waals surface area contributed by atoms with Crippen molar-refractivity contribution in [3.05, 3.63) is 34.3 Å². The third kappa shape index (κ3) is 2.19. The Morgan fingerprint density at radius 3 is 3.22 bits per heavy atom. The highest BCUT2D eigenvalue weighted by atomic mass is 79.9. The van der Waals surface area contributed by atoms with E-state index in [1.165, 1.54) is 36.2 Å². The summed E-state index contributed by atoms with van der Waals surface area (Å²) in [5, 5.41) is 3.51. The second kappa shape index (κ2) is 5.02. The Hall–Kier alpha value is -0.870. The Kier molecular flexibility index (Phi) is 3.39. The summed E-state index contributed by atoms with van der Waals surface area (Å²) in [5.41, 5.74) is 2.45. The van der Waals surface area contributed by atoms with E-state index in [1.807, 2.05) is 0 Å². The maximum absolute atomic E-state index is 4.74. The van der Waals surface area contributed by atoms with Gasteiger partial charge in [-0.2, -0.15) is 0 Å². The van der Waals surface area contributed by atoms with Crippen LogP contribution < -0.4 is 5.32 Å². The Balaban J connectivity index is 2.05. The van der Waals surface area contributed by atoms with E-state index in [0.29, 0.717) is 5.92 Å². The molecule has 1 N–H and O–H groups in total. The highest BCUT2D eigenvalue weighted by Gasteiger charge is 2.20. The molecule has 1 saturated heterocycles. The Labute approximate surface area is 116 Å². The number of fused-ring (bicyclic) bond motifs is 1. The first kappa shape index (κ1) is 12.2. The lowest BCUT2D eigenvalue weighted by molar-refractivity contribution is 0.575. The number of nitrogens with zero attached hydrogens (tertiary/aromatic N) is 2. The van der Waals surface area contributed by atoms with Gasteiger partial charge in [0, 0.05) is 18.7 Å². The number of nitrogens with one attached hydrogen (secondary N) is 1. The van der Waals surface area contributed by atoms with Crippen molar-refractivity contribution < 1.29 is 0 Å². The molecule has 1 fully saturated rings. The summed E-state index contributed by atoms with van der Waals surface area (Å²) in [5.74, 6) is 1.71. The summed E-state index contributed by atoms with van der Waals surface area (Å²) in [4.78, 5) is 4.74. The minimum Gasteiger partial charge on any atom is -0.316 e. The molecule has 1 aliphatic heterocycles. The minimum atomic E-state index is 0.522. The molecule has 4 heteroatoms. The fourth-order valence-electron chi connectivity index (χ4n) is 2.70. The normalized spacial score (nSPS) is 21.1. The quantitative estimate of drug-likeness (QED) is 0.876. The van der Waals surface area contributed by atoms with Crippen LogP contribution in [0, 0.1) is 6.92 Å². The van der Waals surface area contributed by atoms with Gasteiger partial charge in [-0.05, 0) is 59.9 Å². The molecule has 3 nitrogen and oxygen atoms in total. The van der Waals surface area contributed by atoms with Crippen LogP contribution in [0.4, 0.5) is 0 Å². The summed E-state index contributed by atoms with van der Waals surface area (Å²) in [7, 11) is 0. The summed E-state index contributed by atoms with van der Waals surface area (Å²) in [6.45, 7) is 4.30. The Morgan fingerprint density at radius 2 is 2.33 bits per heavy atom. The molecule has 0 aromatic carbocycles. The van der Waals surface area contributed by atoms with Gasteiger partial charge in [-0.15, -0.1) is 0 Å². The largest absolute Gasteiger partial charge is 0.316 e. The second-order valence-corrected chi connectivity index (χ2v) is 5.87. The fraction of sp³-hybridized carbons (Fsp3) is 0.500.